The maximum absolute atomic E-state index is 12.8. The van der Waals surface area contributed by atoms with Gasteiger partial charge in [0.25, 0.3) is 11.1 Å². The van der Waals surface area contributed by atoms with Crippen LogP contribution in [0.1, 0.15) is 11.1 Å². The Morgan fingerprint density at radius 1 is 0.971 bits per heavy atom. The fraction of sp³-hybridized carbons (Fsp3) is 0.292. The molecular weight excluding hydrogens is 460 g/mol. The van der Waals surface area contributed by atoms with Gasteiger partial charge in [-0.2, -0.15) is 0 Å². The lowest BCUT2D eigenvalue weighted by atomic mass is 10.1. The second-order valence-corrected chi connectivity index (χ2v) is 8.16. The Morgan fingerprint density at radius 3 is 2.18 bits per heavy atom. The average Bonchev–Trinajstić information content (AvgIpc) is 3.11. The standard InChI is InChI=1S/C24H26N2O7S/c1-30-17-7-5-15(6-8-17)14-21(27)25-9-10-26-23(28)20(34-24(26)29)13-16-11-18(31-2)22(33-4)19(12-16)32-3/h5-8,11-13H,9-10,14H2,1-4H3,(H,25,27)/b20-13-. The van der Waals surface area contributed by atoms with Crippen molar-refractivity contribution in [3.63, 3.8) is 0 Å². The van der Waals surface area contributed by atoms with E-state index in [0.717, 1.165) is 22.2 Å². The van der Waals surface area contributed by atoms with Crippen molar-refractivity contribution in [1.82, 2.24) is 10.2 Å². The van der Waals surface area contributed by atoms with Gasteiger partial charge in [0.1, 0.15) is 5.75 Å². The van der Waals surface area contributed by atoms with E-state index in [0.29, 0.717) is 28.6 Å². The summed E-state index contributed by atoms with van der Waals surface area (Å²) in [6, 6.07) is 10.6. The Labute approximate surface area is 202 Å². The highest BCUT2D eigenvalue weighted by atomic mass is 32.2. The largest absolute Gasteiger partial charge is 0.497 e. The highest BCUT2D eigenvalue weighted by Crippen LogP contribution is 2.40. The first-order valence-electron chi connectivity index (χ1n) is 10.3. The Kier molecular flexibility index (Phi) is 8.42. The first-order chi connectivity index (χ1) is 16.4. The number of nitrogens with zero attached hydrogens (tertiary/aromatic N) is 1. The van der Waals surface area contributed by atoms with Crippen LogP contribution in [0.3, 0.4) is 0 Å². The molecule has 1 aliphatic rings. The summed E-state index contributed by atoms with van der Waals surface area (Å²) in [7, 11) is 6.07. The molecule has 1 saturated heterocycles. The fourth-order valence-electron chi connectivity index (χ4n) is 3.33. The van der Waals surface area contributed by atoms with E-state index in [1.165, 1.54) is 21.3 Å². The van der Waals surface area contributed by atoms with Crippen molar-refractivity contribution in [1.29, 1.82) is 0 Å². The Hall–Kier alpha value is -3.66. The molecule has 0 aromatic heterocycles. The van der Waals surface area contributed by atoms with Crippen molar-refractivity contribution >= 4 is 34.9 Å². The van der Waals surface area contributed by atoms with E-state index >= 15 is 0 Å². The minimum atomic E-state index is -0.423. The zero-order chi connectivity index (χ0) is 24.7. The number of benzene rings is 2. The molecule has 0 bridgehead atoms. The van der Waals surface area contributed by atoms with Crippen molar-refractivity contribution in [2.75, 3.05) is 41.5 Å². The van der Waals surface area contributed by atoms with Gasteiger partial charge in [-0.05, 0) is 53.2 Å². The zero-order valence-corrected chi connectivity index (χ0v) is 20.2. The lowest BCUT2D eigenvalue weighted by Crippen LogP contribution is -2.37. The van der Waals surface area contributed by atoms with Crippen molar-refractivity contribution in [2.24, 2.45) is 0 Å². The number of hydrogen-bond donors (Lipinski definition) is 1. The number of thioether (sulfide) groups is 1. The topological polar surface area (TPSA) is 103 Å². The summed E-state index contributed by atoms with van der Waals surface area (Å²) in [5.41, 5.74) is 1.45. The number of amides is 3. The molecule has 0 unspecified atom stereocenters. The van der Waals surface area contributed by atoms with Gasteiger partial charge in [-0.25, -0.2) is 0 Å². The van der Waals surface area contributed by atoms with E-state index in [4.69, 9.17) is 18.9 Å². The van der Waals surface area contributed by atoms with Gasteiger partial charge in [0.15, 0.2) is 11.5 Å². The molecule has 2 aromatic carbocycles. The minimum absolute atomic E-state index is 0.0750. The Balaban J connectivity index is 1.61. The van der Waals surface area contributed by atoms with Gasteiger partial charge >= 0.3 is 0 Å². The van der Waals surface area contributed by atoms with Gasteiger partial charge in [0.2, 0.25) is 11.7 Å². The quantitative estimate of drug-likeness (QED) is 0.511. The number of carbonyl (C=O) groups excluding carboxylic acids is 3. The van der Waals surface area contributed by atoms with Gasteiger partial charge in [-0.15, -0.1) is 0 Å². The lowest BCUT2D eigenvalue weighted by Gasteiger charge is -2.13. The normalized spacial score (nSPS) is 14.4. The molecule has 180 valence electrons. The smallest absolute Gasteiger partial charge is 0.293 e. The van der Waals surface area contributed by atoms with Crippen molar-refractivity contribution < 1.29 is 33.3 Å². The second-order valence-electron chi connectivity index (χ2n) is 7.17. The summed E-state index contributed by atoms with van der Waals surface area (Å²) in [5, 5.41) is 2.35. The summed E-state index contributed by atoms with van der Waals surface area (Å²) in [6.07, 6.45) is 1.78. The van der Waals surface area contributed by atoms with Gasteiger partial charge in [-0.1, -0.05) is 12.1 Å². The summed E-state index contributed by atoms with van der Waals surface area (Å²) >= 11 is 0.840. The van der Waals surface area contributed by atoms with Crippen molar-refractivity contribution in [2.45, 2.75) is 6.42 Å². The number of rotatable bonds is 10. The van der Waals surface area contributed by atoms with E-state index in [1.807, 2.05) is 12.1 Å². The summed E-state index contributed by atoms with van der Waals surface area (Å²) in [4.78, 5) is 38.8. The molecule has 2 aromatic rings. The lowest BCUT2D eigenvalue weighted by molar-refractivity contribution is -0.124. The van der Waals surface area contributed by atoms with E-state index in [9.17, 15) is 14.4 Å². The van der Waals surface area contributed by atoms with Crippen molar-refractivity contribution in [3.05, 3.63) is 52.4 Å². The summed E-state index contributed by atoms with van der Waals surface area (Å²) in [6.45, 7) is 0.232. The van der Waals surface area contributed by atoms with E-state index in [-0.39, 0.29) is 30.3 Å². The van der Waals surface area contributed by atoms with Crippen molar-refractivity contribution in [3.8, 4) is 23.0 Å². The summed E-state index contributed by atoms with van der Waals surface area (Å²) in [5.74, 6) is 1.39. The van der Waals surface area contributed by atoms with Crippen LogP contribution in [-0.4, -0.2) is 63.5 Å². The van der Waals surface area contributed by atoms with E-state index < -0.39 is 11.1 Å². The number of methoxy groups -OCH3 is 4. The summed E-state index contributed by atoms with van der Waals surface area (Å²) < 4.78 is 21.1. The molecule has 0 saturated carbocycles. The third-order valence-corrected chi connectivity index (χ3v) is 5.95. The molecule has 0 spiro atoms. The Morgan fingerprint density at radius 2 is 1.62 bits per heavy atom. The SMILES string of the molecule is COc1ccc(CC(=O)NCCN2C(=O)S/C(=C\c3cc(OC)c(OC)c(OC)c3)C2=O)cc1. The molecule has 0 atom stereocenters. The predicted molar refractivity (Wildman–Crippen MR) is 128 cm³/mol. The van der Waals surface area contributed by atoms with Gasteiger partial charge in [0.05, 0.1) is 39.8 Å². The minimum Gasteiger partial charge on any atom is -0.497 e. The van der Waals surface area contributed by atoms with Crippen LogP contribution in [0.2, 0.25) is 0 Å². The van der Waals surface area contributed by atoms with Crippen LogP contribution >= 0.6 is 11.8 Å². The number of ether oxygens (including phenoxy) is 4. The number of carbonyl (C=O) groups is 3. The fourth-order valence-corrected chi connectivity index (χ4v) is 4.19. The van der Waals surface area contributed by atoms with Gasteiger partial charge in [-0.3, -0.25) is 19.3 Å². The molecule has 3 amide bonds. The molecule has 1 fully saturated rings. The van der Waals surface area contributed by atoms with Gasteiger partial charge < -0.3 is 24.3 Å². The molecule has 1 aliphatic heterocycles. The van der Waals surface area contributed by atoms with Crippen LogP contribution in [0.15, 0.2) is 41.3 Å². The van der Waals surface area contributed by atoms with Gasteiger partial charge in [0, 0.05) is 13.1 Å². The number of nitrogens with one attached hydrogen (secondary N) is 1. The van der Waals surface area contributed by atoms with E-state index in [2.05, 4.69) is 5.32 Å². The molecule has 9 nitrogen and oxygen atoms in total. The van der Waals surface area contributed by atoms with Crippen LogP contribution < -0.4 is 24.3 Å². The zero-order valence-electron chi connectivity index (χ0n) is 19.4. The molecule has 10 heteroatoms. The third kappa shape index (κ3) is 5.82. The van der Waals surface area contributed by atoms with Crippen LogP contribution in [0.25, 0.3) is 6.08 Å². The van der Waals surface area contributed by atoms with Crippen LogP contribution in [0.5, 0.6) is 23.0 Å². The first kappa shape index (κ1) is 25.0. The average molecular weight is 487 g/mol. The van der Waals surface area contributed by atoms with E-state index in [1.54, 1.807) is 37.5 Å². The Bertz CT molecular complexity index is 1070. The predicted octanol–water partition coefficient (Wildman–Crippen LogP) is 3.12. The molecule has 0 radical (unpaired) electrons. The van der Waals surface area contributed by atoms with Crippen LogP contribution in [-0.2, 0) is 16.0 Å². The maximum atomic E-state index is 12.8. The second kappa shape index (κ2) is 11.5. The maximum Gasteiger partial charge on any atom is 0.293 e. The number of imide groups is 1. The molecule has 1 N–H and O–H groups in total. The number of hydrogen-bond acceptors (Lipinski definition) is 8. The highest BCUT2D eigenvalue weighted by Gasteiger charge is 2.34. The first-order valence-corrected chi connectivity index (χ1v) is 11.2. The molecule has 1 heterocycles. The molecule has 34 heavy (non-hydrogen) atoms. The third-order valence-electron chi connectivity index (χ3n) is 5.04. The molecule has 3 rings (SSSR count). The molecular formula is C24H26N2O7S. The van der Waals surface area contributed by atoms with Crippen LogP contribution in [0.4, 0.5) is 4.79 Å². The monoisotopic (exact) mass is 486 g/mol. The van der Waals surface area contributed by atoms with Crippen LogP contribution in [0, 0.1) is 0 Å². The highest BCUT2D eigenvalue weighted by molar-refractivity contribution is 8.18. The molecule has 0 aliphatic carbocycles.